The number of fused-ring (bicyclic) bond motifs is 9. The maximum absolute atomic E-state index is 6.74. The summed E-state index contributed by atoms with van der Waals surface area (Å²) in [5, 5.41) is 6.57. The van der Waals surface area contributed by atoms with Crippen LogP contribution >= 0.6 is 0 Å². The molecule has 0 radical (unpaired) electrons. The van der Waals surface area contributed by atoms with Gasteiger partial charge in [-0.05, 0) is 60.2 Å². The molecule has 0 bridgehead atoms. The number of hydrogen-bond donors (Lipinski definition) is 0. The first kappa shape index (κ1) is 31.5. The van der Waals surface area contributed by atoms with Gasteiger partial charge in [-0.25, -0.2) is 15.0 Å². The van der Waals surface area contributed by atoms with Gasteiger partial charge in [-0.3, -0.25) is 0 Å². The number of nitrogens with zero attached hydrogens (tertiary/aromatic N) is 4. The molecule has 0 spiro atoms. The number of furan rings is 2. The fraction of sp³-hybridized carbons (Fsp3) is 0. The van der Waals surface area contributed by atoms with Crippen LogP contribution in [-0.4, -0.2) is 19.5 Å². The lowest BCUT2D eigenvalue weighted by molar-refractivity contribution is 0.668. The quantitative estimate of drug-likeness (QED) is 0.176. The summed E-state index contributed by atoms with van der Waals surface area (Å²) in [5.41, 5.74) is 11.5. The summed E-state index contributed by atoms with van der Waals surface area (Å²) < 4.78 is 15.6. The van der Waals surface area contributed by atoms with Crippen LogP contribution in [0, 0.1) is 0 Å². The number of rotatable bonds is 5. The molecule has 0 atom stereocenters. The van der Waals surface area contributed by atoms with Crippen molar-refractivity contribution >= 4 is 65.7 Å². The molecule has 0 aliphatic carbocycles. The van der Waals surface area contributed by atoms with Crippen molar-refractivity contribution in [1.82, 2.24) is 19.5 Å². The normalized spacial score (nSPS) is 11.9. The van der Waals surface area contributed by atoms with E-state index < -0.39 is 0 Å². The zero-order valence-corrected chi connectivity index (χ0v) is 30.4. The van der Waals surface area contributed by atoms with E-state index in [4.69, 9.17) is 23.8 Å². The van der Waals surface area contributed by atoms with Crippen molar-refractivity contribution in [2.75, 3.05) is 0 Å². The van der Waals surface area contributed by atoms with E-state index in [0.717, 1.165) is 77.4 Å². The van der Waals surface area contributed by atoms with E-state index >= 15 is 0 Å². The lowest BCUT2D eigenvalue weighted by Crippen LogP contribution is -2.00. The van der Waals surface area contributed by atoms with Gasteiger partial charge in [0.2, 0.25) is 0 Å². The molecule has 0 aliphatic rings. The average molecular weight is 731 g/mol. The van der Waals surface area contributed by atoms with Gasteiger partial charge in [0.1, 0.15) is 22.3 Å². The van der Waals surface area contributed by atoms with Gasteiger partial charge in [0.05, 0.1) is 11.0 Å². The molecule has 4 aromatic heterocycles. The molecule has 0 amide bonds. The fourth-order valence-corrected chi connectivity index (χ4v) is 8.47. The average Bonchev–Trinajstić information content (AvgIpc) is 3.96. The van der Waals surface area contributed by atoms with Crippen LogP contribution in [0.5, 0.6) is 0 Å². The van der Waals surface area contributed by atoms with Crippen molar-refractivity contribution in [3.63, 3.8) is 0 Å². The van der Waals surface area contributed by atoms with Crippen molar-refractivity contribution in [2.24, 2.45) is 0 Å². The van der Waals surface area contributed by atoms with Gasteiger partial charge in [-0.15, -0.1) is 0 Å². The molecule has 0 unspecified atom stereocenters. The van der Waals surface area contributed by atoms with Gasteiger partial charge < -0.3 is 13.4 Å². The molecule has 0 saturated heterocycles. The van der Waals surface area contributed by atoms with Gasteiger partial charge in [0.15, 0.2) is 17.5 Å². The summed E-state index contributed by atoms with van der Waals surface area (Å²) in [5.74, 6) is 1.85. The second-order valence-electron chi connectivity index (χ2n) is 14.4. The van der Waals surface area contributed by atoms with E-state index in [9.17, 15) is 0 Å². The highest BCUT2D eigenvalue weighted by Crippen LogP contribution is 2.43. The molecule has 8 aromatic carbocycles. The number of para-hydroxylation sites is 3. The summed E-state index contributed by atoms with van der Waals surface area (Å²) in [6.07, 6.45) is 0. The SMILES string of the molecule is c1ccc(-c2nc(-c3ccccc3)nc(-c3ccc4oc5c(-c6cccc7oc8ccc(-n9c%10ccccc%10c%10ccccc%109)cc8c67)cccc5c4c3)n2)cc1. The number of benzene rings is 8. The van der Waals surface area contributed by atoms with Crippen LogP contribution in [0.3, 0.4) is 0 Å². The molecular weight excluding hydrogens is 701 g/mol. The Bertz CT molecular complexity index is 3410. The van der Waals surface area contributed by atoms with Crippen molar-refractivity contribution < 1.29 is 8.83 Å². The van der Waals surface area contributed by atoms with Crippen LogP contribution < -0.4 is 0 Å². The van der Waals surface area contributed by atoms with Gasteiger partial charge in [-0.2, -0.15) is 0 Å². The van der Waals surface area contributed by atoms with Crippen LogP contribution in [0.15, 0.2) is 191 Å². The highest BCUT2D eigenvalue weighted by atomic mass is 16.3. The zero-order valence-electron chi connectivity index (χ0n) is 30.4. The maximum atomic E-state index is 6.74. The van der Waals surface area contributed by atoms with Gasteiger partial charge in [0, 0.05) is 60.3 Å². The summed E-state index contributed by atoms with van der Waals surface area (Å²) in [4.78, 5) is 14.9. The summed E-state index contributed by atoms with van der Waals surface area (Å²) in [6.45, 7) is 0. The highest BCUT2D eigenvalue weighted by molar-refractivity contribution is 6.18. The first-order valence-electron chi connectivity index (χ1n) is 19.0. The van der Waals surface area contributed by atoms with Crippen molar-refractivity contribution in [3.05, 3.63) is 182 Å². The second-order valence-corrected chi connectivity index (χ2v) is 14.4. The van der Waals surface area contributed by atoms with Crippen molar-refractivity contribution in [1.29, 1.82) is 0 Å². The Morgan fingerprint density at radius 3 is 1.61 bits per heavy atom. The molecule has 12 rings (SSSR count). The molecular formula is C51H30N4O2. The molecule has 6 heteroatoms. The molecule has 6 nitrogen and oxygen atoms in total. The minimum Gasteiger partial charge on any atom is -0.456 e. The minimum absolute atomic E-state index is 0.601. The molecule has 0 fully saturated rings. The maximum Gasteiger partial charge on any atom is 0.164 e. The van der Waals surface area contributed by atoms with Crippen LogP contribution in [0.2, 0.25) is 0 Å². The molecule has 4 heterocycles. The van der Waals surface area contributed by atoms with Crippen LogP contribution in [0.25, 0.3) is 117 Å². The van der Waals surface area contributed by atoms with Crippen molar-refractivity contribution in [2.45, 2.75) is 0 Å². The third-order valence-corrected chi connectivity index (χ3v) is 11.1. The predicted octanol–water partition coefficient (Wildman–Crippen LogP) is 13.4. The van der Waals surface area contributed by atoms with E-state index in [-0.39, 0.29) is 0 Å². The monoisotopic (exact) mass is 730 g/mol. The standard InChI is InChI=1S/C51H30N4O2/c1-3-13-31(14-4-1)49-52-50(32-15-5-2-6-16-32)54-51(53-49)33-25-27-44-40(29-33)39-21-11-20-38(48(39)57-44)37-19-12-24-46-47(37)41-30-34(26-28-45(41)56-46)55-42-22-9-7-17-35(42)36-18-8-10-23-43(36)55/h1-30H. The Morgan fingerprint density at radius 1 is 0.351 bits per heavy atom. The Kier molecular flexibility index (Phi) is 6.83. The van der Waals surface area contributed by atoms with Crippen LogP contribution in [0.1, 0.15) is 0 Å². The smallest absolute Gasteiger partial charge is 0.164 e. The topological polar surface area (TPSA) is 69.9 Å². The molecule has 0 saturated carbocycles. The Labute approximate surface area is 325 Å². The number of hydrogen-bond acceptors (Lipinski definition) is 5. The van der Waals surface area contributed by atoms with Crippen LogP contribution in [-0.2, 0) is 0 Å². The first-order valence-corrected chi connectivity index (χ1v) is 19.0. The third-order valence-electron chi connectivity index (χ3n) is 11.1. The van der Waals surface area contributed by atoms with E-state index in [1.165, 1.54) is 21.8 Å². The molecule has 0 aliphatic heterocycles. The highest BCUT2D eigenvalue weighted by Gasteiger charge is 2.20. The molecule has 0 N–H and O–H groups in total. The molecule has 266 valence electrons. The predicted molar refractivity (Wildman–Crippen MR) is 230 cm³/mol. The lowest BCUT2D eigenvalue weighted by Gasteiger charge is -2.09. The third kappa shape index (κ3) is 4.94. The fourth-order valence-electron chi connectivity index (χ4n) is 8.47. The number of aromatic nitrogens is 4. The van der Waals surface area contributed by atoms with Gasteiger partial charge in [0.25, 0.3) is 0 Å². The van der Waals surface area contributed by atoms with Gasteiger partial charge in [-0.1, -0.05) is 127 Å². The second kappa shape index (κ2) is 12.3. The molecule has 12 aromatic rings. The minimum atomic E-state index is 0.601. The van der Waals surface area contributed by atoms with Crippen molar-refractivity contribution in [3.8, 4) is 51.0 Å². The summed E-state index contributed by atoms with van der Waals surface area (Å²) >= 11 is 0. The molecule has 57 heavy (non-hydrogen) atoms. The lowest BCUT2D eigenvalue weighted by atomic mass is 9.97. The summed E-state index contributed by atoms with van der Waals surface area (Å²) in [6, 6.07) is 62.6. The zero-order chi connectivity index (χ0) is 37.5. The Hall–Kier alpha value is -7.83. The van der Waals surface area contributed by atoms with Gasteiger partial charge >= 0.3 is 0 Å². The van der Waals surface area contributed by atoms with E-state index in [1.54, 1.807) is 0 Å². The van der Waals surface area contributed by atoms with Crippen LogP contribution in [0.4, 0.5) is 0 Å². The van der Waals surface area contributed by atoms with E-state index in [1.807, 2.05) is 78.9 Å². The first-order chi connectivity index (χ1) is 28.2. The Balaban J connectivity index is 1.03. The summed E-state index contributed by atoms with van der Waals surface area (Å²) in [7, 11) is 0. The van der Waals surface area contributed by atoms with E-state index in [0.29, 0.717) is 17.5 Å². The van der Waals surface area contributed by atoms with E-state index in [2.05, 4.69) is 108 Å². The largest absolute Gasteiger partial charge is 0.456 e. The Morgan fingerprint density at radius 2 is 0.912 bits per heavy atom.